The second kappa shape index (κ2) is 10.6. The van der Waals surface area contributed by atoms with Crippen molar-refractivity contribution in [1.29, 1.82) is 0 Å². The van der Waals surface area contributed by atoms with Gasteiger partial charge in [-0.05, 0) is 56.9 Å². The van der Waals surface area contributed by atoms with E-state index in [9.17, 15) is 9.59 Å². The normalized spacial score (nSPS) is 11.8. The predicted octanol–water partition coefficient (Wildman–Crippen LogP) is 4.01. The molecule has 0 bridgehead atoms. The minimum absolute atomic E-state index is 0.00943. The fourth-order valence-corrected chi connectivity index (χ4v) is 3.21. The maximum Gasteiger partial charge on any atom is 0.261 e. The lowest BCUT2D eigenvalue weighted by molar-refractivity contribution is -0.143. The monoisotopic (exact) mass is 396 g/mol. The van der Waals surface area contributed by atoms with Crippen LogP contribution in [0, 0.1) is 13.8 Å². The Bertz CT molecular complexity index is 832. The zero-order valence-electron chi connectivity index (χ0n) is 18.1. The average Bonchev–Trinajstić information content (AvgIpc) is 2.68. The molecule has 1 unspecified atom stereocenters. The number of nitrogens with one attached hydrogen (secondary N) is 1. The molecule has 1 atom stereocenters. The molecule has 0 spiro atoms. The quantitative estimate of drug-likeness (QED) is 0.697. The predicted molar refractivity (Wildman–Crippen MR) is 116 cm³/mol. The van der Waals surface area contributed by atoms with Crippen LogP contribution in [0.25, 0.3) is 0 Å². The summed E-state index contributed by atoms with van der Waals surface area (Å²) in [5, 5.41) is 2.94. The highest BCUT2D eigenvalue weighted by atomic mass is 16.5. The molecule has 1 N–H and O–H groups in total. The second-order valence-electron chi connectivity index (χ2n) is 7.59. The molecule has 5 nitrogen and oxygen atoms in total. The fourth-order valence-electron chi connectivity index (χ4n) is 3.21. The summed E-state index contributed by atoms with van der Waals surface area (Å²) in [5.41, 5.74) is 3.08. The van der Waals surface area contributed by atoms with E-state index in [-0.39, 0.29) is 24.5 Å². The maximum atomic E-state index is 13.2. The van der Waals surface area contributed by atoms with Crippen LogP contribution in [0.5, 0.6) is 5.75 Å². The van der Waals surface area contributed by atoms with Gasteiger partial charge >= 0.3 is 0 Å². The SMILES string of the molecule is CCC(C(=O)NC(C)C)N(Cc1ccccc1C)C(=O)COc1ccccc1C. The van der Waals surface area contributed by atoms with Gasteiger partial charge in [-0.15, -0.1) is 0 Å². The highest BCUT2D eigenvalue weighted by Gasteiger charge is 2.29. The molecule has 5 heteroatoms. The molecule has 156 valence electrons. The maximum absolute atomic E-state index is 13.2. The van der Waals surface area contributed by atoms with Crippen molar-refractivity contribution in [2.24, 2.45) is 0 Å². The first-order chi connectivity index (χ1) is 13.8. The summed E-state index contributed by atoms with van der Waals surface area (Å²) >= 11 is 0. The van der Waals surface area contributed by atoms with Crippen molar-refractivity contribution in [3.63, 3.8) is 0 Å². The van der Waals surface area contributed by atoms with Gasteiger partial charge in [0.1, 0.15) is 11.8 Å². The highest BCUT2D eigenvalue weighted by molar-refractivity contribution is 5.88. The number of ether oxygens (including phenoxy) is 1. The van der Waals surface area contributed by atoms with E-state index in [4.69, 9.17) is 4.74 Å². The number of aryl methyl sites for hydroxylation is 2. The molecule has 0 aromatic heterocycles. The number of carbonyl (C=O) groups is 2. The summed E-state index contributed by atoms with van der Waals surface area (Å²) in [7, 11) is 0. The van der Waals surface area contributed by atoms with Gasteiger partial charge in [-0.3, -0.25) is 9.59 Å². The molecule has 0 saturated heterocycles. The Morgan fingerprint density at radius 2 is 1.62 bits per heavy atom. The van der Waals surface area contributed by atoms with Crippen molar-refractivity contribution < 1.29 is 14.3 Å². The van der Waals surface area contributed by atoms with Gasteiger partial charge in [0.2, 0.25) is 5.91 Å². The number of rotatable bonds is 9. The van der Waals surface area contributed by atoms with Gasteiger partial charge in [-0.2, -0.15) is 0 Å². The molecule has 2 rings (SSSR count). The van der Waals surface area contributed by atoms with Gasteiger partial charge in [-0.25, -0.2) is 0 Å². The number of amides is 2. The van der Waals surface area contributed by atoms with E-state index < -0.39 is 6.04 Å². The molecule has 0 saturated carbocycles. The van der Waals surface area contributed by atoms with Crippen LogP contribution in [0.3, 0.4) is 0 Å². The van der Waals surface area contributed by atoms with E-state index >= 15 is 0 Å². The van der Waals surface area contributed by atoms with Crippen LogP contribution in [-0.2, 0) is 16.1 Å². The lowest BCUT2D eigenvalue weighted by Gasteiger charge is -2.31. The zero-order valence-corrected chi connectivity index (χ0v) is 18.1. The van der Waals surface area contributed by atoms with Crippen LogP contribution in [0.2, 0.25) is 0 Å². The molecule has 0 aliphatic carbocycles. The summed E-state index contributed by atoms with van der Waals surface area (Å²) < 4.78 is 5.78. The van der Waals surface area contributed by atoms with E-state index in [2.05, 4.69) is 5.32 Å². The lowest BCUT2D eigenvalue weighted by Crippen LogP contribution is -2.51. The molecular weight excluding hydrogens is 364 g/mol. The van der Waals surface area contributed by atoms with Gasteiger partial charge in [-0.1, -0.05) is 49.4 Å². The molecule has 0 radical (unpaired) electrons. The van der Waals surface area contributed by atoms with E-state index in [1.165, 1.54) is 0 Å². The standard InChI is InChI=1S/C24H32N2O3/c1-6-21(24(28)25-17(2)3)26(15-20-13-9-7-11-18(20)4)23(27)16-29-22-14-10-8-12-19(22)5/h7-14,17,21H,6,15-16H2,1-5H3,(H,25,28). The topological polar surface area (TPSA) is 58.6 Å². The largest absolute Gasteiger partial charge is 0.484 e. The Balaban J connectivity index is 2.24. The smallest absolute Gasteiger partial charge is 0.261 e. The first kappa shape index (κ1) is 22.5. The Morgan fingerprint density at radius 3 is 2.21 bits per heavy atom. The van der Waals surface area contributed by atoms with Crippen molar-refractivity contribution >= 4 is 11.8 Å². The third-order valence-electron chi connectivity index (χ3n) is 4.86. The van der Waals surface area contributed by atoms with Crippen LogP contribution < -0.4 is 10.1 Å². The number of para-hydroxylation sites is 1. The molecule has 0 heterocycles. The minimum atomic E-state index is -0.551. The highest BCUT2D eigenvalue weighted by Crippen LogP contribution is 2.18. The van der Waals surface area contributed by atoms with E-state index in [0.717, 1.165) is 16.7 Å². The van der Waals surface area contributed by atoms with Crippen LogP contribution >= 0.6 is 0 Å². The third kappa shape index (κ3) is 6.34. The van der Waals surface area contributed by atoms with E-state index in [1.54, 1.807) is 4.90 Å². The molecule has 2 aromatic rings. The van der Waals surface area contributed by atoms with Crippen LogP contribution in [0.4, 0.5) is 0 Å². The summed E-state index contributed by atoms with van der Waals surface area (Å²) in [6.45, 7) is 9.96. The fraction of sp³-hybridized carbons (Fsp3) is 0.417. The summed E-state index contributed by atoms with van der Waals surface area (Å²) in [4.78, 5) is 27.6. The molecule has 2 aromatic carbocycles. The van der Waals surface area contributed by atoms with Crippen LogP contribution in [0.1, 0.15) is 43.9 Å². The number of nitrogens with zero attached hydrogens (tertiary/aromatic N) is 1. The molecule has 2 amide bonds. The molecule has 0 fully saturated rings. The van der Waals surface area contributed by atoms with Gasteiger partial charge in [0.05, 0.1) is 0 Å². The summed E-state index contributed by atoms with van der Waals surface area (Å²) in [6, 6.07) is 15.0. The number of hydrogen-bond acceptors (Lipinski definition) is 3. The average molecular weight is 397 g/mol. The van der Waals surface area contributed by atoms with Crippen molar-refractivity contribution in [2.45, 2.75) is 59.7 Å². The zero-order chi connectivity index (χ0) is 21.4. The summed E-state index contributed by atoms with van der Waals surface area (Å²) in [5.74, 6) is 0.332. The van der Waals surface area contributed by atoms with Crippen molar-refractivity contribution in [3.8, 4) is 5.75 Å². The minimum Gasteiger partial charge on any atom is -0.484 e. The van der Waals surface area contributed by atoms with Crippen molar-refractivity contribution in [3.05, 3.63) is 65.2 Å². The van der Waals surface area contributed by atoms with Crippen molar-refractivity contribution in [1.82, 2.24) is 10.2 Å². The molecule has 0 aliphatic rings. The summed E-state index contributed by atoms with van der Waals surface area (Å²) in [6.07, 6.45) is 0.528. The first-order valence-corrected chi connectivity index (χ1v) is 10.2. The Hall–Kier alpha value is -2.82. The Kier molecular flexibility index (Phi) is 8.25. The molecular formula is C24H32N2O3. The van der Waals surface area contributed by atoms with Gasteiger partial charge < -0.3 is 15.0 Å². The van der Waals surface area contributed by atoms with Gasteiger partial charge in [0, 0.05) is 12.6 Å². The first-order valence-electron chi connectivity index (χ1n) is 10.2. The van der Waals surface area contributed by atoms with Crippen LogP contribution in [-0.4, -0.2) is 35.4 Å². The van der Waals surface area contributed by atoms with E-state index in [0.29, 0.717) is 18.7 Å². The van der Waals surface area contributed by atoms with Gasteiger partial charge in [0.15, 0.2) is 6.61 Å². The van der Waals surface area contributed by atoms with Gasteiger partial charge in [0.25, 0.3) is 5.91 Å². The molecule has 29 heavy (non-hydrogen) atoms. The Morgan fingerprint density at radius 1 is 1.00 bits per heavy atom. The number of carbonyl (C=O) groups excluding carboxylic acids is 2. The van der Waals surface area contributed by atoms with Crippen LogP contribution in [0.15, 0.2) is 48.5 Å². The second-order valence-corrected chi connectivity index (χ2v) is 7.59. The third-order valence-corrected chi connectivity index (χ3v) is 4.86. The van der Waals surface area contributed by atoms with E-state index in [1.807, 2.05) is 83.1 Å². The molecule has 0 aliphatic heterocycles. The number of benzene rings is 2. The lowest BCUT2D eigenvalue weighted by atomic mass is 10.1. The number of hydrogen-bond donors (Lipinski definition) is 1. The Labute approximate surface area is 174 Å². The van der Waals surface area contributed by atoms with Crippen molar-refractivity contribution in [2.75, 3.05) is 6.61 Å².